The predicted octanol–water partition coefficient (Wildman–Crippen LogP) is 2.19. The van der Waals surface area contributed by atoms with E-state index in [-0.39, 0.29) is 5.78 Å². The number of nitrogens with zero attached hydrogens (tertiary/aromatic N) is 3. The standard InChI is InChI=1S/C14H11N3OS/c1-17-12-4-2-3-5-13(12)19-14(17)16-15-10-6-8-11(18)9-7-10/h2-9H,1H3/b16-14+. The fraction of sp³-hybridized carbons (Fsp3) is 0.0714. The third kappa shape index (κ3) is 2.32. The lowest BCUT2D eigenvalue weighted by atomic mass is 10.2. The molecule has 0 aliphatic heterocycles. The fourth-order valence-corrected chi connectivity index (χ4v) is 2.76. The maximum absolute atomic E-state index is 11.0. The van der Waals surface area contributed by atoms with E-state index in [0.717, 1.165) is 10.3 Å². The quantitative estimate of drug-likeness (QED) is 0.578. The van der Waals surface area contributed by atoms with Gasteiger partial charge in [-0.05, 0) is 36.4 Å². The highest BCUT2D eigenvalue weighted by atomic mass is 32.1. The van der Waals surface area contributed by atoms with E-state index in [4.69, 9.17) is 0 Å². The van der Waals surface area contributed by atoms with E-state index in [0.29, 0.717) is 5.71 Å². The normalized spacial score (nSPS) is 15.5. The molecule has 0 unspecified atom stereocenters. The van der Waals surface area contributed by atoms with Crippen LogP contribution >= 0.6 is 11.3 Å². The van der Waals surface area contributed by atoms with Crippen molar-refractivity contribution in [2.24, 2.45) is 17.3 Å². The number of thiazole rings is 1. The Morgan fingerprint density at radius 1 is 1.05 bits per heavy atom. The number of para-hydroxylation sites is 1. The topological polar surface area (TPSA) is 46.7 Å². The van der Waals surface area contributed by atoms with Gasteiger partial charge in [0.15, 0.2) is 5.78 Å². The van der Waals surface area contributed by atoms with Crippen LogP contribution in [0.2, 0.25) is 0 Å². The highest BCUT2D eigenvalue weighted by Crippen LogP contribution is 2.15. The number of allylic oxidation sites excluding steroid dienone is 4. The molecular formula is C14H11N3OS. The Morgan fingerprint density at radius 3 is 2.53 bits per heavy atom. The van der Waals surface area contributed by atoms with Crippen LogP contribution in [0.15, 0.2) is 58.8 Å². The van der Waals surface area contributed by atoms with Gasteiger partial charge < -0.3 is 4.57 Å². The minimum Gasteiger partial charge on any atom is -0.318 e. The molecule has 0 radical (unpaired) electrons. The second-order valence-electron chi connectivity index (χ2n) is 4.11. The number of benzene rings is 1. The first-order valence-corrected chi connectivity index (χ1v) is 6.62. The summed E-state index contributed by atoms with van der Waals surface area (Å²) in [5.41, 5.74) is 1.81. The van der Waals surface area contributed by atoms with Crippen LogP contribution in [0.3, 0.4) is 0 Å². The summed E-state index contributed by atoms with van der Waals surface area (Å²) < 4.78 is 3.18. The summed E-state index contributed by atoms with van der Waals surface area (Å²) in [7, 11) is 1.97. The summed E-state index contributed by atoms with van der Waals surface area (Å²) in [6.45, 7) is 0. The van der Waals surface area contributed by atoms with Gasteiger partial charge in [-0.1, -0.05) is 23.5 Å². The molecule has 0 saturated heterocycles. The Bertz CT molecular complexity index is 787. The van der Waals surface area contributed by atoms with Crippen molar-refractivity contribution in [3.63, 3.8) is 0 Å². The number of rotatable bonds is 1. The minimum atomic E-state index is -0.0219. The van der Waals surface area contributed by atoms with E-state index in [9.17, 15) is 4.79 Å². The summed E-state index contributed by atoms with van der Waals surface area (Å²) in [5, 5.41) is 8.40. The van der Waals surface area contributed by atoms with Crippen molar-refractivity contribution in [2.75, 3.05) is 0 Å². The zero-order valence-corrected chi connectivity index (χ0v) is 11.1. The first-order valence-electron chi connectivity index (χ1n) is 5.80. The molecule has 4 nitrogen and oxygen atoms in total. The van der Waals surface area contributed by atoms with Gasteiger partial charge in [0.05, 0.1) is 15.9 Å². The Hall–Kier alpha value is -2.27. The Morgan fingerprint density at radius 2 is 1.79 bits per heavy atom. The number of hydrogen-bond donors (Lipinski definition) is 0. The SMILES string of the molecule is Cn1/c(=N\N=C2C=CC(=O)C=C2)sc2ccccc21. The number of hydrogen-bond acceptors (Lipinski definition) is 4. The molecule has 5 heteroatoms. The molecule has 0 atom stereocenters. The second kappa shape index (κ2) is 4.78. The molecule has 0 N–H and O–H groups in total. The van der Waals surface area contributed by atoms with Gasteiger partial charge in [0.2, 0.25) is 4.80 Å². The number of fused-ring (bicyclic) bond motifs is 1. The lowest BCUT2D eigenvalue weighted by molar-refractivity contribution is -0.110. The average molecular weight is 269 g/mol. The molecule has 2 aromatic rings. The first kappa shape index (κ1) is 11.8. The van der Waals surface area contributed by atoms with Crippen LogP contribution in [0.1, 0.15) is 0 Å². The summed E-state index contributed by atoms with van der Waals surface area (Å²) in [4.78, 5) is 11.8. The maximum atomic E-state index is 11.0. The van der Waals surface area contributed by atoms with Crippen molar-refractivity contribution in [3.8, 4) is 0 Å². The van der Waals surface area contributed by atoms with Gasteiger partial charge in [-0.2, -0.15) is 0 Å². The zero-order valence-electron chi connectivity index (χ0n) is 10.3. The number of aryl methyl sites for hydroxylation is 1. The molecule has 1 heterocycles. The molecule has 1 aromatic heterocycles. The van der Waals surface area contributed by atoms with Crippen molar-refractivity contribution in [3.05, 3.63) is 53.4 Å². The zero-order chi connectivity index (χ0) is 13.2. The molecule has 1 aliphatic carbocycles. The van der Waals surface area contributed by atoms with Crippen molar-refractivity contribution in [1.29, 1.82) is 0 Å². The van der Waals surface area contributed by atoms with Gasteiger partial charge in [-0.3, -0.25) is 4.79 Å². The molecule has 0 saturated carbocycles. The Kier molecular flexibility index (Phi) is 2.97. The summed E-state index contributed by atoms with van der Waals surface area (Å²) in [5.74, 6) is -0.0219. The van der Waals surface area contributed by atoms with Crippen LogP contribution in [-0.4, -0.2) is 16.1 Å². The molecular weight excluding hydrogens is 258 g/mol. The molecule has 3 rings (SSSR count). The van der Waals surface area contributed by atoms with Gasteiger partial charge in [-0.25, -0.2) is 0 Å². The van der Waals surface area contributed by atoms with E-state index in [1.54, 1.807) is 23.5 Å². The van der Waals surface area contributed by atoms with E-state index in [1.165, 1.54) is 16.9 Å². The number of aromatic nitrogens is 1. The van der Waals surface area contributed by atoms with Crippen molar-refractivity contribution in [2.45, 2.75) is 0 Å². The number of ketones is 1. The summed E-state index contributed by atoms with van der Waals surface area (Å²) in [6, 6.07) is 8.12. The third-order valence-electron chi connectivity index (χ3n) is 2.80. The van der Waals surface area contributed by atoms with Crippen molar-refractivity contribution < 1.29 is 4.79 Å². The van der Waals surface area contributed by atoms with Gasteiger partial charge in [-0.15, -0.1) is 10.2 Å². The number of carbonyl (C=O) groups excluding carboxylic acids is 1. The minimum absolute atomic E-state index is 0.0219. The van der Waals surface area contributed by atoms with Crippen molar-refractivity contribution >= 4 is 33.0 Å². The smallest absolute Gasteiger partial charge is 0.211 e. The second-order valence-corrected chi connectivity index (χ2v) is 5.11. The first-order chi connectivity index (χ1) is 9.24. The predicted molar refractivity (Wildman–Crippen MR) is 77.1 cm³/mol. The molecule has 0 amide bonds. The molecule has 19 heavy (non-hydrogen) atoms. The number of carbonyl (C=O) groups is 1. The van der Waals surface area contributed by atoms with Gasteiger partial charge in [0.1, 0.15) is 0 Å². The fourth-order valence-electron chi connectivity index (χ4n) is 1.79. The molecule has 94 valence electrons. The Labute approximate surface area is 113 Å². The largest absolute Gasteiger partial charge is 0.318 e. The molecule has 1 aromatic carbocycles. The lowest BCUT2D eigenvalue weighted by Gasteiger charge is -1.95. The molecule has 1 aliphatic rings. The monoisotopic (exact) mass is 269 g/mol. The highest BCUT2D eigenvalue weighted by Gasteiger charge is 2.02. The van der Waals surface area contributed by atoms with E-state index >= 15 is 0 Å². The van der Waals surface area contributed by atoms with E-state index < -0.39 is 0 Å². The Balaban J connectivity index is 2.05. The molecule has 0 fully saturated rings. The van der Waals surface area contributed by atoms with Crippen LogP contribution < -0.4 is 4.80 Å². The van der Waals surface area contributed by atoms with Crippen LogP contribution in [0, 0.1) is 0 Å². The van der Waals surface area contributed by atoms with Gasteiger partial charge >= 0.3 is 0 Å². The van der Waals surface area contributed by atoms with Crippen LogP contribution in [0.4, 0.5) is 0 Å². The summed E-state index contributed by atoms with van der Waals surface area (Å²) in [6.07, 6.45) is 6.30. The van der Waals surface area contributed by atoms with Crippen LogP contribution in [0.5, 0.6) is 0 Å². The van der Waals surface area contributed by atoms with Crippen LogP contribution in [-0.2, 0) is 11.8 Å². The van der Waals surface area contributed by atoms with E-state index in [1.807, 2.05) is 23.7 Å². The van der Waals surface area contributed by atoms with Gasteiger partial charge in [0.25, 0.3) is 0 Å². The van der Waals surface area contributed by atoms with Gasteiger partial charge in [0, 0.05) is 7.05 Å². The molecule has 0 bridgehead atoms. The van der Waals surface area contributed by atoms with E-state index in [2.05, 4.69) is 22.3 Å². The lowest BCUT2D eigenvalue weighted by Crippen LogP contribution is -2.09. The van der Waals surface area contributed by atoms with Crippen molar-refractivity contribution in [1.82, 2.24) is 4.57 Å². The third-order valence-corrected chi connectivity index (χ3v) is 3.91. The highest BCUT2D eigenvalue weighted by molar-refractivity contribution is 7.16. The van der Waals surface area contributed by atoms with Crippen LogP contribution in [0.25, 0.3) is 10.2 Å². The average Bonchev–Trinajstić information content (AvgIpc) is 2.76. The molecule has 0 spiro atoms. The maximum Gasteiger partial charge on any atom is 0.211 e. The summed E-state index contributed by atoms with van der Waals surface area (Å²) >= 11 is 1.59.